The summed E-state index contributed by atoms with van der Waals surface area (Å²) in [6, 6.07) is 6.66. The Bertz CT molecular complexity index is 1190. The van der Waals surface area contributed by atoms with Crippen molar-refractivity contribution in [2.75, 3.05) is 13.7 Å². The molecule has 1 fully saturated rings. The maximum absolute atomic E-state index is 14.4. The van der Waals surface area contributed by atoms with Crippen LogP contribution in [0.4, 0.5) is 10.1 Å². The molecule has 9 heteroatoms. The SMILES string of the molecule is COc1ccc(-n2c(C3CCCN3)nc3c(C)cc([N+](=O)[O-])cc3c2=O)cc1F. The van der Waals surface area contributed by atoms with Gasteiger partial charge in [0.15, 0.2) is 11.6 Å². The molecular weight excluding hydrogens is 379 g/mol. The molecule has 0 aliphatic carbocycles. The average Bonchev–Trinajstić information content (AvgIpc) is 3.22. The van der Waals surface area contributed by atoms with Crippen molar-refractivity contribution in [2.45, 2.75) is 25.8 Å². The number of nitrogens with zero attached hydrogens (tertiary/aromatic N) is 3. The van der Waals surface area contributed by atoms with Gasteiger partial charge in [-0.2, -0.15) is 0 Å². The monoisotopic (exact) mass is 398 g/mol. The number of ether oxygens (including phenoxy) is 1. The second-order valence-corrected chi connectivity index (χ2v) is 6.99. The van der Waals surface area contributed by atoms with Crippen molar-refractivity contribution in [3.63, 3.8) is 0 Å². The molecule has 1 aliphatic heterocycles. The van der Waals surface area contributed by atoms with Gasteiger partial charge in [0.2, 0.25) is 0 Å². The Kier molecular flexibility index (Phi) is 4.75. The zero-order chi connectivity index (χ0) is 20.7. The molecule has 2 heterocycles. The van der Waals surface area contributed by atoms with Crippen LogP contribution in [0.5, 0.6) is 5.75 Å². The summed E-state index contributed by atoms with van der Waals surface area (Å²) in [5.41, 5.74) is 0.576. The Balaban J connectivity index is 2.06. The normalized spacial score (nSPS) is 16.3. The number of nitro benzene ring substituents is 1. The summed E-state index contributed by atoms with van der Waals surface area (Å²) < 4.78 is 20.6. The summed E-state index contributed by atoms with van der Waals surface area (Å²) in [7, 11) is 1.36. The summed E-state index contributed by atoms with van der Waals surface area (Å²) in [4.78, 5) is 28.8. The van der Waals surface area contributed by atoms with Gasteiger partial charge in [-0.25, -0.2) is 9.37 Å². The second kappa shape index (κ2) is 7.25. The summed E-state index contributed by atoms with van der Waals surface area (Å²) >= 11 is 0. The molecule has 1 aromatic heterocycles. The fourth-order valence-corrected chi connectivity index (χ4v) is 3.75. The van der Waals surface area contributed by atoms with E-state index in [2.05, 4.69) is 5.32 Å². The van der Waals surface area contributed by atoms with Crippen LogP contribution in [-0.4, -0.2) is 28.1 Å². The number of non-ortho nitro benzene ring substituents is 1. The van der Waals surface area contributed by atoms with Gasteiger partial charge in [-0.1, -0.05) is 0 Å². The molecule has 0 amide bonds. The van der Waals surface area contributed by atoms with Crippen LogP contribution < -0.4 is 15.6 Å². The molecule has 1 unspecified atom stereocenters. The Labute approximate surface area is 165 Å². The third-order valence-electron chi connectivity index (χ3n) is 5.15. The van der Waals surface area contributed by atoms with Crippen molar-refractivity contribution in [2.24, 2.45) is 0 Å². The minimum Gasteiger partial charge on any atom is -0.494 e. The number of aromatic nitrogens is 2. The topological polar surface area (TPSA) is 99.3 Å². The maximum Gasteiger partial charge on any atom is 0.270 e. The number of hydrogen-bond acceptors (Lipinski definition) is 6. The molecule has 0 radical (unpaired) electrons. The van der Waals surface area contributed by atoms with Gasteiger partial charge >= 0.3 is 0 Å². The van der Waals surface area contributed by atoms with Gasteiger partial charge in [-0.05, 0) is 44.0 Å². The van der Waals surface area contributed by atoms with E-state index in [1.165, 1.54) is 35.9 Å². The van der Waals surface area contributed by atoms with Gasteiger partial charge in [-0.15, -0.1) is 0 Å². The third kappa shape index (κ3) is 3.23. The highest BCUT2D eigenvalue weighted by Gasteiger charge is 2.25. The molecule has 1 aliphatic rings. The van der Waals surface area contributed by atoms with Crippen molar-refractivity contribution in [3.05, 3.63) is 68.0 Å². The van der Waals surface area contributed by atoms with E-state index in [0.717, 1.165) is 19.4 Å². The lowest BCUT2D eigenvalue weighted by atomic mass is 10.1. The predicted octanol–water partition coefficient (Wildman–Crippen LogP) is 3.17. The van der Waals surface area contributed by atoms with E-state index in [4.69, 9.17) is 9.72 Å². The number of methoxy groups -OCH3 is 1. The molecule has 0 bridgehead atoms. The molecule has 1 saturated heterocycles. The van der Waals surface area contributed by atoms with Gasteiger partial charge < -0.3 is 10.1 Å². The summed E-state index contributed by atoms with van der Waals surface area (Å²) in [5, 5.41) is 14.7. The Hall–Kier alpha value is -3.33. The molecular formula is C20H19FN4O4. The standard InChI is InChI=1S/C20H19FN4O4/c1-11-8-13(25(27)28)9-14-18(11)23-19(16-4-3-7-22-16)24(20(14)26)12-5-6-17(29-2)15(21)10-12/h5-6,8-10,16,22H,3-4,7H2,1-2H3. The predicted molar refractivity (Wildman–Crippen MR) is 105 cm³/mol. The number of hydrogen-bond donors (Lipinski definition) is 1. The Morgan fingerprint density at radius 3 is 2.76 bits per heavy atom. The van der Waals surface area contributed by atoms with Crippen LogP contribution in [0.2, 0.25) is 0 Å². The van der Waals surface area contributed by atoms with Gasteiger partial charge in [0.05, 0.1) is 34.7 Å². The van der Waals surface area contributed by atoms with E-state index in [0.29, 0.717) is 16.9 Å². The summed E-state index contributed by atoms with van der Waals surface area (Å²) in [6.45, 7) is 2.47. The molecule has 3 aromatic rings. The van der Waals surface area contributed by atoms with Crippen molar-refractivity contribution in [1.29, 1.82) is 0 Å². The molecule has 2 aromatic carbocycles. The van der Waals surface area contributed by atoms with Gasteiger partial charge in [0.1, 0.15) is 5.82 Å². The molecule has 1 atom stereocenters. The first-order valence-electron chi connectivity index (χ1n) is 9.19. The van der Waals surface area contributed by atoms with Crippen molar-refractivity contribution >= 4 is 16.6 Å². The van der Waals surface area contributed by atoms with Crippen LogP contribution >= 0.6 is 0 Å². The molecule has 1 N–H and O–H groups in total. The van der Waals surface area contributed by atoms with E-state index < -0.39 is 16.3 Å². The van der Waals surface area contributed by atoms with Crippen molar-refractivity contribution < 1.29 is 14.1 Å². The first-order valence-corrected chi connectivity index (χ1v) is 9.19. The first-order chi connectivity index (χ1) is 13.9. The van der Waals surface area contributed by atoms with Crippen LogP contribution in [0, 0.1) is 22.9 Å². The summed E-state index contributed by atoms with van der Waals surface area (Å²) in [5.74, 6) is -0.0957. The molecule has 0 spiro atoms. The lowest BCUT2D eigenvalue weighted by molar-refractivity contribution is -0.384. The van der Waals surface area contributed by atoms with Crippen molar-refractivity contribution in [3.8, 4) is 11.4 Å². The lowest BCUT2D eigenvalue weighted by Gasteiger charge is -2.19. The largest absolute Gasteiger partial charge is 0.494 e. The quantitative estimate of drug-likeness (QED) is 0.535. The maximum atomic E-state index is 14.4. The highest BCUT2D eigenvalue weighted by molar-refractivity contribution is 5.84. The van der Waals surface area contributed by atoms with E-state index in [9.17, 15) is 19.3 Å². The zero-order valence-electron chi connectivity index (χ0n) is 15.9. The molecule has 4 rings (SSSR count). The molecule has 0 saturated carbocycles. The number of nitrogens with one attached hydrogen (secondary N) is 1. The number of halogens is 1. The van der Waals surface area contributed by atoms with Crippen LogP contribution in [0.1, 0.15) is 30.3 Å². The highest BCUT2D eigenvalue weighted by Crippen LogP contribution is 2.28. The number of rotatable bonds is 4. The number of aryl methyl sites for hydroxylation is 1. The molecule has 8 nitrogen and oxygen atoms in total. The number of nitro groups is 1. The van der Waals surface area contributed by atoms with E-state index >= 15 is 0 Å². The van der Waals surface area contributed by atoms with Crippen LogP contribution in [0.15, 0.2) is 35.1 Å². The average molecular weight is 398 g/mol. The highest BCUT2D eigenvalue weighted by atomic mass is 19.1. The van der Waals surface area contributed by atoms with E-state index in [1.807, 2.05) is 0 Å². The van der Waals surface area contributed by atoms with E-state index in [1.54, 1.807) is 13.0 Å². The van der Waals surface area contributed by atoms with Crippen LogP contribution in [-0.2, 0) is 0 Å². The zero-order valence-corrected chi connectivity index (χ0v) is 15.9. The fourth-order valence-electron chi connectivity index (χ4n) is 3.75. The van der Waals surface area contributed by atoms with Gasteiger partial charge in [0.25, 0.3) is 11.2 Å². The second-order valence-electron chi connectivity index (χ2n) is 6.99. The minimum atomic E-state index is -0.613. The van der Waals surface area contributed by atoms with Gasteiger partial charge in [-0.3, -0.25) is 19.5 Å². The molecule has 150 valence electrons. The summed E-state index contributed by atoms with van der Waals surface area (Å²) in [6.07, 6.45) is 1.71. The van der Waals surface area contributed by atoms with Crippen LogP contribution in [0.3, 0.4) is 0 Å². The number of fused-ring (bicyclic) bond motifs is 1. The Morgan fingerprint density at radius 1 is 1.34 bits per heavy atom. The molecule has 29 heavy (non-hydrogen) atoms. The van der Waals surface area contributed by atoms with Crippen LogP contribution in [0.25, 0.3) is 16.6 Å². The number of benzene rings is 2. The lowest BCUT2D eigenvalue weighted by Crippen LogP contribution is -2.29. The van der Waals surface area contributed by atoms with Gasteiger partial charge in [0, 0.05) is 18.2 Å². The Morgan fingerprint density at radius 2 is 2.14 bits per heavy atom. The first kappa shape index (κ1) is 19.0. The van der Waals surface area contributed by atoms with Crippen molar-refractivity contribution in [1.82, 2.24) is 14.9 Å². The minimum absolute atomic E-state index is 0.0579. The van der Waals surface area contributed by atoms with E-state index in [-0.39, 0.29) is 28.6 Å². The third-order valence-corrected chi connectivity index (χ3v) is 5.15. The fraction of sp³-hybridized carbons (Fsp3) is 0.300. The smallest absolute Gasteiger partial charge is 0.270 e.